The number of benzene rings is 1. The Morgan fingerprint density at radius 3 is 2.33 bits per heavy atom. The second-order valence-corrected chi connectivity index (χ2v) is 3.52. The topological polar surface area (TPSA) is 70.8 Å². The van der Waals surface area contributed by atoms with Gasteiger partial charge in [0, 0.05) is 0 Å². The monoisotopic (exact) mass is 275 g/mol. The molecule has 0 saturated heterocycles. The van der Waals surface area contributed by atoms with E-state index < -0.39 is 12.0 Å². The van der Waals surface area contributed by atoms with E-state index in [1.807, 2.05) is 6.07 Å². The fourth-order valence-corrected chi connectivity index (χ4v) is 1.50. The van der Waals surface area contributed by atoms with E-state index in [1.54, 1.807) is 26.4 Å². The number of ether oxygens (including phenoxy) is 3. The summed E-state index contributed by atoms with van der Waals surface area (Å²) in [6.45, 7) is 0. The number of carbonyl (C=O) groups excluding carboxylic acids is 1. The molecule has 1 aromatic carbocycles. The van der Waals surface area contributed by atoms with Crippen LogP contribution in [0.3, 0.4) is 0 Å². The summed E-state index contributed by atoms with van der Waals surface area (Å²) in [6.07, 6.45) is 0.396. The van der Waals surface area contributed by atoms with Crippen LogP contribution in [-0.2, 0) is 16.0 Å². The van der Waals surface area contributed by atoms with Crippen molar-refractivity contribution in [3.05, 3.63) is 23.8 Å². The molecule has 0 amide bonds. The van der Waals surface area contributed by atoms with E-state index in [-0.39, 0.29) is 12.4 Å². The van der Waals surface area contributed by atoms with E-state index >= 15 is 0 Å². The van der Waals surface area contributed by atoms with Crippen molar-refractivity contribution in [2.24, 2.45) is 5.73 Å². The molecule has 0 aliphatic carbocycles. The molecule has 5 nitrogen and oxygen atoms in total. The standard InChI is InChI=1S/C12H17NO4.ClH/c1-15-10-5-4-8(7-11(10)16-2)6-9(13)12(14)17-3;/h4-5,7,9H,6,13H2,1-3H3;1H. The van der Waals surface area contributed by atoms with Crippen LogP contribution in [0.5, 0.6) is 11.5 Å². The Balaban J connectivity index is 0.00000289. The molecule has 0 aromatic heterocycles. The fourth-order valence-electron chi connectivity index (χ4n) is 1.50. The first-order valence-corrected chi connectivity index (χ1v) is 5.16. The van der Waals surface area contributed by atoms with Crippen LogP contribution >= 0.6 is 12.4 Å². The van der Waals surface area contributed by atoms with Crippen molar-refractivity contribution in [1.82, 2.24) is 0 Å². The highest BCUT2D eigenvalue weighted by Crippen LogP contribution is 2.27. The molecule has 1 aromatic rings. The lowest BCUT2D eigenvalue weighted by Gasteiger charge is -2.12. The second kappa shape index (κ2) is 7.79. The second-order valence-electron chi connectivity index (χ2n) is 3.52. The maximum Gasteiger partial charge on any atom is 0.322 e. The van der Waals surface area contributed by atoms with Gasteiger partial charge in [-0.05, 0) is 24.1 Å². The normalized spacial score (nSPS) is 11.1. The fraction of sp³-hybridized carbons (Fsp3) is 0.417. The van der Waals surface area contributed by atoms with Crippen LogP contribution in [0.25, 0.3) is 0 Å². The van der Waals surface area contributed by atoms with Gasteiger partial charge < -0.3 is 19.9 Å². The minimum absolute atomic E-state index is 0. The van der Waals surface area contributed by atoms with Gasteiger partial charge in [-0.2, -0.15) is 0 Å². The Hall–Kier alpha value is -1.46. The van der Waals surface area contributed by atoms with Gasteiger partial charge >= 0.3 is 5.97 Å². The summed E-state index contributed by atoms with van der Waals surface area (Å²) in [6, 6.07) is 4.74. The number of halogens is 1. The van der Waals surface area contributed by atoms with E-state index in [0.717, 1.165) is 5.56 Å². The van der Waals surface area contributed by atoms with E-state index in [1.165, 1.54) is 7.11 Å². The molecule has 1 unspecified atom stereocenters. The molecule has 0 spiro atoms. The predicted octanol–water partition coefficient (Wildman–Crippen LogP) is 1.17. The predicted molar refractivity (Wildman–Crippen MR) is 70.5 cm³/mol. The Morgan fingerprint density at radius 1 is 1.22 bits per heavy atom. The molecular formula is C12H18ClNO4. The van der Waals surface area contributed by atoms with Crippen LogP contribution in [0.1, 0.15) is 5.56 Å². The van der Waals surface area contributed by atoms with Crippen LogP contribution < -0.4 is 15.2 Å². The van der Waals surface area contributed by atoms with Crippen LogP contribution in [0.2, 0.25) is 0 Å². The summed E-state index contributed by atoms with van der Waals surface area (Å²) >= 11 is 0. The van der Waals surface area contributed by atoms with Crippen molar-refractivity contribution < 1.29 is 19.0 Å². The van der Waals surface area contributed by atoms with Crippen LogP contribution in [-0.4, -0.2) is 33.3 Å². The zero-order valence-electron chi connectivity index (χ0n) is 10.6. The molecule has 1 rings (SSSR count). The van der Waals surface area contributed by atoms with Gasteiger partial charge in [0.2, 0.25) is 0 Å². The number of nitrogens with two attached hydrogens (primary N) is 1. The molecule has 102 valence electrons. The largest absolute Gasteiger partial charge is 0.493 e. The summed E-state index contributed by atoms with van der Waals surface area (Å²) in [4.78, 5) is 11.2. The Morgan fingerprint density at radius 2 is 1.83 bits per heavy atom. The van der Waals surface area contributed by atoms with Gasteiger partial charge in [0.05, 0.1) is 21.3 Å². The van der Waals surface area contributed by atoms with Crippen molar-refractivity contribution in [3.8, 4) is 11.5 Å². The van der Waals surface area contributed by atoms with Crippen LogP contribution in [0.4, 0.5) is 0 Å². The molecule has 0 radical (unpaired) electrons. The number of methoxy groups -OCH3 is 3. The molecule has 2 N–H and O–H groups in total. The van der Waals surface area contributed by atoms with E-state index in [9.17, 15) is 4.79 Å². The Kier molecular flexibility index (Phi) is 7.16. The third kappa shape index (κ3) is 4.09. The third-order valence-corrected chi connectivity index (χ3v) is 2.41. The SMILES string of the molecule is COC(=O)C(N)Cc1ccc(OC)c(OC)c1.Cl. The number of hydrogen-bond donors (Lipinski definition) is 1. The number of rotatable bonds is 5. The van der Waals surface area contributed by atoms with E-state index in [0.29, 0.717) is 17.9 Å². The maximum absolute atomic E-state index is 11.2. The van der Waals surface area contributed by atoms with Crippen molar-refractivity contribution in [2.45, 2.75) is 12.5 Å². The molecule has 0 aliphatic rings. The lowest BCUT2D eigenvalue weighted by atomic mass is 10.1. The Bertz CT molecular complexity index is 398. The van der Waals surface area contributed by atoms with Gasteiger partial charge in [0.25, 0.3) is 0 Å². The zero-order chi connectivity index (χ0) is 12.8. The van der Waals surface area contributed by atoms with Crippen LogP contribution in [0, 0.1) is 0 Å². The average Bonchev–Trinajstić information content (AvgIpc) is 2.37. The van der Waals surface area contributed by atoms with Gasteiger partial charge in [-0.15, -0.1) is 12.4 Å². The minimum atomic E-state index is -0.668. The van der Waals surface area contributed by atoms with Gasteiger partial charge in [-0.25, -0.2) is 0 Å². The summed E-state index contributed by atoms with van der Waals surface area (Å²) in [5.41, 5.74) is 6.56. The highest BCUT2D eigenvalue weighted by Gasteiger charge is 2.15. The molecule has 1 atom stereocenters. The molecular weight excluding hydrogens is 258 g/mol. The van der Waals surface area contributed by atoms with E-state index in [4.69, 9.17) is 15.2 Å². The van der Waals surface area contributed by atoms with Crippen molar-refractivity contribution in [2.75, 3.05) is 21.3 Å². The third-order valence-electron chi connectivity index (χ3n) is 2.41. The van der Waals surface area contributed by atoms with Gasteiger partial charge in [-0.1, -0.05) is 6.07 Å². The van der Waals surface area contributed by atoms with Crippen molar-refractivity contribution in [3.63, 3.8) is 0 Å². The Labute approximate surface area is 113 Å². The number of esters is 1. The first-order chi connectivity index (χ1) is 8.12. The first kappa shape index (κ1) is 16.5. The first-order valence-electron chi connectivity index (χ1n) is 5.16. The van der Waals surface area contributed by atoms with Crippen molar-refractivity contribution in [1.29, 1.82) is 0 Å². The molecule has 0 fully saturated rings. The van der Waals surface area contributed by atoms with Crippen LogP contribution in [0.15, 0.2) is 18.2 Å². The van der Waals surface area contributed by atoms with E-state index in [2.05, 4.69) is 4.74 Å². The zero-order valence-corrected chi connectivity index (χ0v) is 11.5. The molecule has 0 bridgehead atoms. The van der Waals surface area contributed by atoms with Gasteiger partial charge in [-0.3, -0.25) is 4.79 Å². The number of carbonyl (C=O) groups is 1. The quantitative estimate of drug-likeness (QED) is 0.817. The summed E-state index contributed by atoms with van der Waals surface area (Å²) in [5, 5.41) is 0. The van der Waals surface area contributed by atoms with Gasteiger partial charge in [0.1, 0.15) is 6.04 Å². The lowest BCUT2D eigenvalue weighted by Crippen LogP contribution is -2.33. The minimum Gasteiger partial charge on any atom is -0.493 e. The molecule has 0 heterocycles. The maximum atomic E-state index is 11.2. The highest BCUT2D eigenvalue weighted by atomic mass is 35.5. The average molecular weight is 276 g/mol. The lowest BCUT2D eigenvalue weighted by molar-refractivity contribution is -0.142. The highest BCUT2D eigenvalue weighted by molar-refractivity contribution is 5.85. The molecule has 18 heavy (non-hydrogen) atoms. The van der Waals surface area contributed by atoms with Crippen molar-refractivity contribution >= 4 is 18.4 Å². The summed E-state index contributed by atoms with van der Waals surface area (Å²) in [5.74, 6) is 0.824. The number of hydrogen-bond acceptors (Lipinski definition) is 5. The molecule has 0 aliphatic heterocycles. The smallest absolute Gasteiger partial charge is 0.322 e. The summed E-state index contributed by atoms with van der Waals surface area (Å²) < 4.78 is 14.8. The molecule has 0 saturated carbocycles. The molecule has 6 heteroatoms. The summed E-state index contributed by atoms with van der Waals surface area (Å²) in [7, 11) is 4.44. The van der Waals surface area contributed by atoms with Gasteiger partial charge in [0.15, 0.2) is 11.5 Å².